The van der Waals surface area contributed by atoms with Gasteiger partial charge in [-0.1, -0.05) is 12.1 Å². The molecule has 7 nitrogen and oxygen atoms in total. The summed E-state index contributed by atoms with van der Waals surface area (Å²) >= 11 is 1.29. The summed E-state index contributed by atoms with van der Waals surface area (Å²) in [5.41, 5.74) is 1.69. The van der Waals surface area contributed by atoms with Crippen LogP contribution in [0.25, 0.3) is 0 Å². The molecule has 0 aliphatic carbocycles. The molecule has 136 valence electrons. The summed E-state index contributed by atoms with van der Waals surface area (Å²) in [6.45, 7) is -0.450. The van der Waals surface area contributed by atoms with Crippen LogP contribution in [0.4, 0.5) is 11.4 Å². The number of fused-ring (bicyclic) bond motifs is 1. The second-order valence-electron chi connectivity index (χ2n) is 5.69. The molecule has 1 aliphatic heterocycles. The lowest BCUT2D eigenvalue weighted by Gasteiger charge is -2.23. The molecule has 8 heteroatoms. The van der Waals surface area contributed by atoms with Gasteiger partial charge in [-0.3, -0.25) is 14.4 Å². The molecule has 1 aliphatic rings. The summed E-state index contributed by atoms with van der Waals surface area (Å²) in [5, 5.41) is 13.5. The molecule has 0 saturated heterocycles. The Balaban J connectivity index is 1.47. The number of anilines is 2. The fourth-order valence-electron chi connectivity index (χ4n) is 2.41. The molecular formula is C19H15N3O4S. The first kappa shape index (κ1) is 18.5. The topological polar surface area (TPSA) is 108 Å². The number of hydrogen-bond acceptors (Lipinski definition) is 6. The summed E-state index contributed by atoms with van der Waals surface area (Å²) in [4.78, 5) is 36.8. The molecule has 0 radical (unpaired) electrons. The predicted molar refractivity (Wildman–Crippen MR) is 100 cm³/mol. The lowest BCUT2D eigenvalue weighted by Crippen LogP contribution is -2.32. The van der Waals surface area contributed by atoms with Crippen molar-refractivity contribution in [2.45, 2.75) is 16.6 Å². The number of nitriles is 1. The molecular weight excluding hydrogens is 366 g/mol. The van der Waals surface area contributed by atoms with Crippen LogP contribution in [-0.4, -0.2) is 29.6 Å². The van der Waals surface area contributed by atoms with Crippen LogP contribution in [0.5, 0.6) is 0 Å². The van der Waals surface area contributed by atoms with Gasteiger partial charge < -0.3 is 15.4 Å². The van der Waals surface area contributed by atoms with E-state index in [-0.39, 0.29) is 12.3 Å². The molecule has 1 heterocycles. The van der Waals surface area contributed by atoms with Gasteiger partial charge in [0.25, 0.3) is 5.91 Å². The zero-order valence-corrected chi connectivity index (χ0v) is 14.9. The van der Waals surface area contributed by atoms with Gasteiger partial charge in [0, 0.05) is 10.6 Å². The monoisotopic (exact) mass is 381 g/mol. The van der Waals surface area contributed by atoms with Gasteiger partial charge in [-0.25, -0.2) is 0 Å². The van der Waals surface area contributed by atoms with E-state index in [1.54, 1.807) is 30.3 Å². The van der Waals surface area contributed by atoms with Crippen LogP contribution in [0.2, 0.25) is 0 Å². The number of ether oxygens (including phenoxy) is 1. The van der Waals surface area contributed by atoms with Gasteiger partial charge in [0.1, 0.15) is 0 Å². The lowest BCUT2D eigenvalue weighted by atomic mass is 10.2. The Bertz CT molecular complexity index is 921. The van der Waals surface area contributed by atoms with Crippen LogP contribution in [0.15, 0.2) is 53.4 Å². The van der Waals surface area contributed by atoms with Crippen molar-refractivity contribution in [1.82, 2.24) is 0 Å². The molecule has 0 aromatic heterocycles. The number of carbonyl (C=O) groups is 3. The van der Waals surface area contributed by atoms with Crippen LogP contribution in [-0.2, 0) is 19.1 Å². The number of rotatable bonds is 5. The second kappa shape index (κ2) is 8.38. The number of nitrogens with zero attached hydrogens (tertiary/aromatic N) is 1. The Morgan fingerprint density at radius 3 is 2.67 bits per heavy atom. The third-order valence-corrected chi connectivity index (χ3v) is 5.00. The molecule has 0 unspecified atom stereocenters. The number of esters is 1. The Kier molecular flexibility index (Phi) is 5.74. The maximum Gasteiger partial charge on any atom is 0.307 e. The number of amides is 2. The van der Waals surface area contributed by atoms with E-state index in [4.69, 9.17) is 10.00 Å². The molecule has 0 fully saturated rings. The van der Waals surface area contributed by atoms with Crippen molar-refractivity contribution in [2.75, 3.05) is 17.2 Å². The number of benzene rings is 2. The van der Waals surface area contributed by atoms with Crippen LogP contribution in [0, 0.1) is 11.3 Å². The maximum atomic E-state index is 12.1. The first-order valence-electron chi connectivity index (χ1n) is 8.07. The van der Waals surface area contributed by atoms with E-state index in [1.165, 1.54) is 11.8 Å². The van der Waals surface area contributed by atoms with E-state index in [2.05, 4.69) is 10.6 Å². The van der Waals surface area contributed by atoms with E-state index in [1.807, 2.05) is 24.3 Å². The van der Waals surface area contributed by atoms with Crippen LogP contribution < -0.4 is 10.6 Å². The van der Waals surface area contributed by atoms with Crippen molar-refractivity contribution in [2.24, 2.45) is 0 Å². The minimum atomic E-state index is -0.628. The number of thioether (sulfide) groups is 1. The van der Waals surface area contributed by atoms with Crippen molar-refractivity contribution in [3.63, 3.8) is 0 Å². The summed E-state index contributed by atoms with van der Waals surface area (Å²) in [5.74, 6) is -1.39. The summed E-state index contributed by atoms with van der Waals surface area (Å²) in [7, 11) is 0. The Hall–Kier alpha value is -3.31. The molecule has 3 rings (SSSR count). The minimum absolute atomic E-state index is 0.130. The average Bonchev–Trinajstić information content (AvgIpc) is 2.67. The molecule has 2 N–H and O–H groups in total. The SMILES string of the molecule is N#Cc1ccc(NC(=O)COC(=O)C[C@H]2Sc3ccccc3NC2=O)cc1. The molecule has 2 amide bonds. The van der Waals surface area contributed by atoms with Crippen molar-refractivity contribution in [3.05, 3.63) is 54.1 Å². The number of nitrogens with one attached hydrogen (secondary N) is 2. The van der Waals surface area contributed by atoms with Gasteiger partial charge in [-0.2, -0.15) is 5.26 Å². The van der Waals surface area contributed by atoms with Gasteiger partial charge >= 0.3 is 5.97 Å². The van der Waals surface area contributed by atoms with Gasteiger partial charge in [-0.05, 0) is 36.4 Å². The van der Waals surface area contributed by atoms with Crippen molar-refractivity contribution in [1.29, 1.82) is 5.26 Å². The van der Waals surface area contributed by atoms with Gasteiger partial charge in [0.2, 0.25) is 5.91 Å². The zero-order valence-electron chi connectivity index (χ0n) is 14.1. The van der Waals surface area contributed by atoms with Gasteiger partial charge in [-0.15, -0.1) is 11.8 Å². The molecule has 2 aromatic rings. The fraction of sp³-hybridized carbons (Fsp3) is 0.158. The first-order valence-corrected chi connectivity index (χ1v) is 8.95. The van der Waals surface area contributed by atoms with Crippen LogP contribution >= 0.6 is 11.8 Å². The number of carbonyl (C=O) groups excluding carboxylic acids is 3. The molecule has 0 spiro atoms. The number of para-hydroxylation sites is 1. The fourth-order valence-corrected chi connectivity index (χ4v) is 3.50. The van der Waals surface area contributed by atoms with Crippen molar-refractivity contribution in [3.8, 4) is 6.07 Å². The second-order valence-corrected chi connectivity index (χ2v) is 6.94. The summed E-state index contributed by atoms with van der Waals surface area (Å²) < 4.78 is 4.96. The molecule has 2 aromatic carbocycles. The van der Waals surface area contributed by atoms with Crippen LogP contribution in [0.3, 0.4) is 0 Å². The molecule has 0 bridgehead atoms. The smallest absolute Gasteiger partial charge is 0.307 e. The van der Waals surface area contributed by atoms with Crippen molar-refractivity contribution >= 4 is 40.9 Å². The van der Waals surface area contributed by atoms with Crippen molar-refractivity contribution < 1.29 is 19.1 Å². The van der Waals surface area contributed by atoms with Crippen LogP contribution in [0.1, 0.15) is 12.0 Å². The standard InChI is InChI=1S/C19H15N3O4S/c20-10-12-5-7-13(8-6-12)21-17(23)11-26-18(24)9-16-19(25)22-14-3-1-2-4-15(14)27-16/h1-8,16H,9,11H2,(H,21,23)(H,22,25)/t16-/m1/s1. The van der Waals surface area contributed by atoms with E-state index in [9.17, 15) is 14.4 Å². The highest BCUT2D eigenvalue weighted by Gasteiger charge is 2.29. The van der Waals surface area contributed by atoms with E-state index < -0.39 is 23.7 Å². The highest BCUT2D eigenvalue weighted by atomic mass is 32.2. The summed E-state index contributed by atoms with van der Waals surface area (Å²) in [6.07, 6.45) is -0.130. The van der Waals surface area contributed by atoms with Gasteiger partial charge in [0.05, 0.1) is 29.0 Å². The molecule has 0 saturated carbocycles. The third kappa shape index (κ3) is 4.86. The molecule has 1 atom stereocenters. The first-order chi connectivity index (χ1) is 13.0. The summed E-state index contributed by atoms with van der Waals surface area (Å²) in [6, 6.07) is 15.6. The number of hydrogen-bond donors (Lipinski definition) is 2. The van der Waals surface area contributed by atoms with E-state index in [0.717, 1.165) is 10.6 Å². The maximum absolute atomic E-state index is 12.1. The normalized spacial score (nSPS) is 15.1. The zero-order chi connectivity index (χ0) is 19.2. The Morgan fingerprint density at radius 1 is 1.19 bits per heavy atom. The predicted octanol–water partition coefficient (Wildman–Crippen LogP) is 2.54. The van der Waals surface area contributed by atoms with Gasteiger partial charge in [0.15, 0.2) is 6.61 Å². The van der Waals surface area contributed by atoms with E-state index >= 15 is 0 Å². The minimum Gasteiger partial charge on any atom is -0.456 e. The molecule has 27 heavy (non-hydrogen) atoms. The largest absolute Gasteiger partial charge is 0.456 e. The highest BCUT2D eigenvalue weighted by Crippen LogP contribution is 2.36. The quantitative estimate of drug-likeness (QED) is 0.771. The third-order valence-electron chi connectivity index (χ3n) is 3.72. The van der Waals surface area contributed by atoms with E-state index in [0.29, 0.717) is 11.3 Å². The average molecular weight is 381 g/mol. The highest BCUT2D eigenvalue weighted by molar-refractivity contribution is 8.01. The Morgan fingerprint density at radius 2 is 1.93 bits per heavy atom. The Labute approximate surface area is 159 Å². The lowest BCUT2D eigenvalue weighted by molar-refractivity contribution is -0.147.